The molecule has 134 valence electrons. The highest BCUT2D eigenvalue weighted by atomic mass is 19.1. The van der Waals surface area contributed by atoms with E-state index in [4.69, 9.17) is 0 Å². The van der Waals surface area contributed by atoms with Gasteiger partial charge in [0.1, 0.15) is 11.6 Å². The van der Waals surface area contributed by atoms with Gasteiger partial charge in [0, 0.05) is 24.5 Å². The lowest BCUT2D eigenvalue weighted by molar-refractivity contribution is -0.140. The number of likely N-dealkylation sites (tertiary alicyclic amines) is 1. The van der Waals surface area contributed by atoms with Crippen LogP contribution in [0, 0.1) is 12.7 Å². The summed E-state index contributed by atoms with van der Waals surface area (Å²) >= 11 is 0. The Labute approximate surface area is 149 Å². The van der Waals surface area contributed by atoms with E-state index in [9.17, 15) is 24.2 Å². The third kappa shape index (κ3) is 2.97. The summed E-state index contributed by atoms with van der Waals surface area (Å²) in [7, 11) is 0. The third-order valence-electron chi connectivity index (χ3n) is 4.35. The van der Waals surface area contributed by atoms with Crippen molar-refractivity contribution in [2.45, 2.75) is 13.0 Å². The van der Waals surface area contributed by atoms with Crippen molar-refractivity contribution in [3.05, 3.63) is 70.8 Å². The van der Waals surface area contributed by atoms with E-state index in [1.807, 2.05) is 0 Å². The van der Waals surface area contributed by atoms with E-state index < -0.39 is 29.3 Å². The molecule has 1 amide bonds. The van der Waals surface area contributed by atoms with Gasteiger partial charge in [-0.25, -0.2) is 4.39 Å². The second-order valence-corrected chi connectivity index (χ2v) is 5.96. The number of amides is 1. The van der Waals surface area contributed by atoms with Crippen molar-refractivity contribution in [2.24, 2.45) is 0 Å². The SMILES string of the molecule is Cc1ccc(/C(O)=C2\C(=O)C(=O)N(CCO)C2c2ccncc2)cc1F. The van der Waals surface area contributed by atoms with Gasteiger partial charge in [0.15, 0.2) is 0 Å². The Morgan fingerprint density at radius 2 is 1.92 bits per heavy atom. The van der Waals surface area contributed by atoms with Crippen LogP contribution in [0.2, 0.25) is 0 Å². The Hall–Kier alpha value is -3.06. The van der Waals surface area contributed by atoms with Crippen molar-refractivity contribution in [1.29, 1.82) is 0 Å². The highest BCUT2D eigenvalue weighted by Crippen LogP contribution is 2.39. The monoisotopic (exact) mass is 356 g/mol. The number of carbonyl (C=O) groups is 2. The highest BCUT2D eigenvalue weighted by molar-refractivity contribution is 6.46. The third-order valence-corrected chi connectivity index (χ3v) is 4.35. The van der Waals surface area contributed by atoms with Crippen LogP contribution in [0.25, 0.3) is 5.76 Å². The van der Waals surface area contributed by atoms with Gasteiger partial charge in [0.05, 0.1) is 18.2 Å². The normalized spacial score (nSPS) is 19.2. The Balaban J connectivity index is 2.19. The van der Waals surface area contributed by atoms with Crippen LogP contribution >= 0.6 is 0 Å². The molecule has 0 bridgehead atoms. The topological polar surface area (TPSA) is 90.7 Å². The minimum absolute atomic E-state index is 0.0728. The van der Waals surface area contributed by atoms with Gasteiger partial charge in [-0.05, 0) is 36.2 Å². The number of nitrogens with zero attached hydrogens (tertiary/aromatic N) is 2. The molecule has 0 saturated carbocycles. The summed E-state index contributed by atoms with van der Waals surface area (Å²) in [6.45, 7) is 1.17. The lowest BCUT2D eigenvalue weighted by Gasteiger charge is -2.24. The number of ketones is 1. The molecule has 2 aromatic rings. The molecule has 1 aliphatic heterocycles. The molecule has 0 radical (unpaired) electrons. The maximum Gasteiger partial charge on any atom is 0.295 e. The average Bonchev–Trinajstić information content (AvgIpc) is 2.89. The first-order chi connectivity index (χ1) is 12.5. The number of rotatable bonds is 4. The van der Waals surface area contributed by atoms with Crippen LogP contribution in [0.1, 0.15) is 22.7 Å². The molecule has 0 spiro atoms. The Bertz CT molecular complexity index is 896. The molecule has 26 heavy (non-hydrogen) atoms. The van der Waals surface area contributed by atoms with Gasteiger partial charge in [0.25, 0.3) is 11.7 Å². The Morgan fingerprint density at radius 3 is 2.54 bits per heavy atom. The summed E-state index contributed by atoms with van der Waals surface area (Å²) in [5, 5.41) is 19.9. The smallest absolute Gasteiger partial charge is 0.295 e. The van der Waals surface area contributed by atoms with Crippen LogP contribution in [0.3, 0.4) is 0 Å². The van der Waals surface area contributed by atoms with Gasteiger partial charge in [-0.15, -0.1) is 0 Å². The van der Waals surface area contributed by atoms with Crippen LogP contribution in [0.15, 0.2) is 48.3 Å². The molecule has 6 nitrogen and oxygen atoms in total. The molecule has 1 aromatic carbocycles. The van der Waals surface area contributed by atoms with E-state index in [-0.39, 0.29) is 24.3 Å². The van der Waals surface area contributed by atoms with E-state index in [1.54, 1.807) is 19.1 Å². The quantitative estimate of drug-likeness (QED) is 0.496. The first-order valence-electron chi connectivity index (χ1n) is 8.01. The van der Waals surface area contributed by atoms with Crippen LogP contribution < -0.4 is 0 Å². The lowest BCUT2D eigenvalue weighted by Crippen LogP contribution is -2.32. The molecule has 0 aliphatic carbocycles. The number of aliphatic hydroxyl groups excluding tert-OH is 2. The summed E-state index contributed by atoms with van der Waals surface area (Å²) in [5.74, 6) is -2.68. The first kappa shape index (κ1) is 17.8. The zero-order valence-corrected chi connectivity index (χ0v) is 14.0. The van der Waals surface area contributed by atoms with Crippen LogP contribution in [-0.2, 0) is 9.59 Å². The summed E-state index contributed by atoms with van der Waals surface area (Å²) in [5.41, 5.74) is 0.918. The molecule has 1 aromatic heterocycles. The van der Waals surface area contributed by atoms with Gasteiger partial charge in [-0.2, -0.15) is 0 Å². The summed E-state index contributed by atoms with van der Waals surface area (Å²) in [4.78, 5) is 30.0. The fourth-order valence-corrected chi connectivity index (χ4v) is 3.01. The zero-order valence-electron chi connectivity index (χ0n) is 14.0. The van der Waals surface area contributed by atoms with Crippen molar-refractivity contribution in [1.82, 2.24) is 9.88 Å². The fourth-order valence-electron chi connectivity index (χ4n) is 3.01. The molecule has 1 unspecified atom stereocenters. The minimum Gasteiger partial charge on any atom is -0.507 e. The number of aromatic nitrogens is 1. The molecule has 1 aliphatic rings. The number of carbonyl (C=O) groups excluding carboxylic acids is 2. The summed E-state index contributed by atoms with van der Waals surface area (Å²) in [6.07, 6.45) is 3.00. The number of aliphatic hydroxyl groups is 2. The van der Waals surface area contributed by atoms with Crippen molar-refractivity contribution < 1.29 is 24.2 Å². The van der Waals surface area contributed by atoms with E-state index in [1.165, 1.54) is 29.4 Å². The number of benzene rings is 1. The number of β-amino-alcohol motifs (C(OH)–C–C–N with tert-alkyl or cyclic N) is 1. The van der Waals surface area contributed by atoms with Crippen molar-refractivity contribution in [2.75, 3.05) is 13.2 Å². The number of hydrogen-bond acceptors (Lipinski definition) is 5. The molecular weight excluding hydrogens is 339 g/mol. The fraction of sp³-hybridized carbons (Fsp3) is 0.211. The maximum atomic E-state index is 13.9. The van der Waals surface area contributed by atoms with Gasteiger partial charge < -0.3 is 15.1 Å². The highest BCUT2D eigenvalue weighted by Gasteiger charge is 2.45. The Kier molecular flexibility index (Phi) is 4.81. The van der Waals surface area contributed by atoms with Gasteiger partial charge >= 0.3 is 0 Å². The molecule has 1 fully saturated rings. The average molecular weight is 356 g/mol. The largest absolute Gasteiger partial charge is 0.507 e. The van der Waals surface area contributed by atoms with E-state index >= 15 is 0 Å². The number of pyridine rings is 1. The van der Waals surface area contributed by atoms with Crippen LogP contribution in [0.5, 0.6) is 0 Å². The molecular formula is C19H17FN2O4. The molecule has 2 heterocycles. The number of aryl methyl sites for hydroxylation is 1. The molecule has 7 heteroatoms. The van der Waals surface area contributed by atoms with Crippen molar-refractivity contribution >= 4 is 17.4 Å². The molecule has 1 atom stereocenters. The standard InChI is InChI=1S/C19H17FN2O4/c1-11-2-3-13(10-14(11)20)17(24)15-16(12-4-6-21-7-5-12)22(8-9-23)19(26)18(15)25/h2-7,10,16,23-24H,8-9H2,1H3/b17-15+. The van der Waals surface area contributed by atoms with Gasteiger partial charge in [-0.3, -0.25) is 14.6 Å². The van der Waals surface area contributed by atoms with Crippen molar-refractivity contribution in [3.63, 3.8) is 0 Å². The lowest BCUT2D eigenvalue weighted by atomic mass is 9.95. The molecule has 2 N–H and O–H groups in total. The maximum absolute atomic E-state index is 13.9. The zero-order chi connectivity index (χ0) is 18.8. The number of Topliss-reactive ketones (excluding diaryl/α,β-unsaturated/α-hetero) is 1. The van der Waals surface area contributed by atoms with E-state index in [0.717, 1.165) is 6.07 Å². The Morgan fingerprint density at radius 1 is 1.23 bits per heavy atom. The van der Waals surface area contributed by atoms with Crippen LogP contribution in [0.4, 0.5) is 4.39 Å². The number of hydrogen-bond donors (Lipinski definition) is 2. The predicted octanol–water partition coefficient (Wildman–Crippen LogP) is 1.94. The first-order valence-corrected chi connectivity index (χ1v) is 8.01. The van der Waals surface area contributed by atoms with Gasteiger partial charge in [0.2, 0.25) is 0 Å². The summed E-state index contributed by atoms with van der Waals surface area (Å²) in [6, 6.07) is 6.43. The predicted molar refractivity (Wildman–Crippen MR) is 91.5 cm³/mol. The summed E-state index contributed by atoms with van der Waals surface area (Å²) < 4.78 is 13.9. The van der Waals surface area contributed by atoms with E-state index in [0.29, 0.717) is 11.1 Å². The molecule has 1 saturated heterocycles. The number of halogens is 1. The second-order valence-electron chi connectivity index (χ2n) is 5.96. The molecule has 3 rings (SSSR count). The minimum atomic E-state index is -0.880. The van der Waals surface area contributed by atoms with E-state index in [2.05, 4.69) is 4.98 Å². The van der Waals surface area contributed by atoms with Crippen LogP contribution in [-0.4, -0.2) is 44.9 Å². The van der Waals surface area contributed by atoms with Gasteiger partial charge in [-0.1, -0.05) is 12.1 Å². The van der Waals surface area contributed by atoms with Crippen molar-refractivity contribution in [3.8, 4) is 0 Å². The second kappa shape index (κ2) is 7.05.